The van der Waals surface area contributed by atoms with Crippen LogP contribution in [0.25, 0.3) is 28.0 Å². The number of hydrogen-bond acceptors (Lipinski definition) is 8. The zero-order chi connectivity index (χ0) is 32.9. The summed E-state index contributed by atoms with van der Waals surface area (Å²) in [6.07, 6.45) is 2.37. The molecular weight excluding hydrogens is 594 g/mol. The van der Waals surface area contributed by atoms with Crippen molar-refractivity contribution in [3.63, 3.8) is 0 Å². The number of carbonyl (C=O) groups is 1. The van der Waals surface area contributed by atoms with Crippen molar-refractivity contribution in [3.05, 3.63) is 69.9 Å². The Morgan fingerprint density at radius 1 is 1.11 bits per heavy atom. The summed E-state index contributed by atoms with van der Waals surface area (Å²) in [7, 11) is 0. The predicted octanol–water partition coefficient (Wildman–Crippen LogP) is 6.01. The van der Waals surface area contributed by atoms with Gasteiger partial charge in [0.25, 0.3) is 0 Å². The van der Waals surface area contributed by atoms with Gasteiger partial charge in [0.15, 0.2) is 11.5 Å². The summed E-state index contributed by atoms with van der Waals surface area (Å²) in [6.45, 7) is 12.4. The Morgan fingerprint density at radius 2 is 1.89 bits per heavy atom. The standard InChI is InChI=1S/C34H38F2N6O4/c1-19(2)27-29-21(12-13-37-27)9-8-16-45-25-11-7-10-23(35)26(25)28-24(36)17-22-30(39-32(43)42(29)31(22)38-28)41-15-14-40(18-20(41)3)33(44)46-34(4,5)6/h7,10-13,17,19-20H,8-9,14-16,18H2,1-6H3/t20-/m0/s1. The van der Waals surface area contributed by atoms with E-state index in [1.807, 2.05) is 52.5 Å². The van der Waals surface area contributed by atoms with Crippen LogP contribution in [0.1, 0.15) is 65.1 Å². The van der Waals surface area contributed by atoms with Crippen LogP contribution in [0.2, 0.25) is 0 Å². The van der Waals surface area contributed by atoms with E-state index in [-0.39, 0.29) is 52.4 Å². The summed E-state index contributed by atoms with van der Waals surface area (Å²) in [5.74, 6) is -1.15. The van der Waals surface area contributed by atoms with E-state index in [0.717, 1.165) is 5.56 Å². The number of anilines is 1. The lowest BCUT2D eigenvalue weighted by Gasteiger charge is -2.41. The van der Waals surface area contributed by atoms with E-state index in [1.165, 1.54) is 22.8 Å². The molecule has 46 heavy (non-hydrogen) atoms. The number of nitrogens with zero attached hydrogens (tertiary/aromatic N) is 6. The molecular formula is C34H38F2N6O4. The molecule has 0 saturated carbocycles. The number of aryl methyl sites for hydroxylation is 1. The van der Waals surface area contributed by atoms with Gasteiger partial charge < -0.3 is 19.3 Å². The van der Waals surface area contributed by atoms with Crippen molar-refractivity contribution in [2.75, 3.05) is 31.1 Å². The van der Waals surface area contributed by atoms with E-state index in [1.54, 1.807) is 17.2 Å². The highest BCUT2D eigenvalue weighted by Crippen LogP contribution is 2.38. The van der Waals surface area contributed by atoms with Gasteiger partial charge in [0.1, 0.15) is 28.7 Å². The van der Waals surface area contributed by atoms with E-state index in [2.05, 4.69) is 9.97 Å². The summed E-state index contributed by atoms with van der Waals surface area (Å²) in [6, 6.07) is 7.14. The number of fused-ring (bicyclic) bond motifs is 5. The number of aromatic nitrogens is 4. The minimum atomic E-state index is -0.789. The molecule has 3 aromatic heterocycles. The average Bonchev–Trinajstić information content (AvgIpc) is 2.98. The molecule has 1 atom stereocenters. The lowest BCUT2D eigenvalue weighted by atomic mass is 10.0. The second-order valence-electron chi connectivity index (χ2n) is 13.1. The first-order valence-corrected chi connectivity index (χ1v) is 15.6. The third-order valence-corrected chi connectivity index (χ3v) is 8.22. The first-order chi connectivity index (χ1) is 21.8. The zero-order valence-electron chi connectivity index (χ0n) is 26.9. The zero-order valence-corrected chi connectivity index (χ0v) is 26.9. The third-order valence-electron chi connectivity index (χ3n) is 8.22. The molecule has 12 heteroatoms. The maximum atomic E-state index is 16.2. The molecule has 0 spiro atoms. The topological polar surface area (TPSA) is 103 Å². The van der Waals surface area contributed by atoms with Crippen LogP contribution < -0.4 is 15.3 Å². The summed E-state index contributed by atoms with van der Waals surface area (Å²) in [4.78, 5) is 44.4. The molecule has 4 aromatic rings. The number of carbonyl (C=O) groups excluding carboxylic acids is 1. The van der Waals surface area contributed by atoms with Crippen LogP contribution in [0.3, 0.4) is 0 Å². The van der Waals surface area contributed by atoms with Gasteiger partial charge in [-0.3, -0.25) is 4.98 Å². The van der Waals surface area contributed by atoms with E-state index >= 15 is 8.78 Å². The third kappa shape index (κ3) is 5.76. The Bertz CT molecular complexity index is 1890. The molecule has 2 aliphatic heterocycles. The quantitative estimate of drug-likeness (QED) is 0.265. The molecule has 1 fully saturated rings. The maximum absolute atomic E-state index is 16.2. The Balaban J connectivity index is 1.60. The summed E-state index contributed by atoms with van der Waals surface area (Å²) >= 11 is 0. The fourth-order valence-corrected chi connectivity index (χ4v) is 6.16. The van der Waals surface area contributed by atoms with Crippen LogP contribution in [-0.4, -0.2) is 68.4 Å². The van der Waals surface area contributed by atoms with Crippen LogP contribution >= 0.6 is 0 Å². The number of halogens is 2. The number of piperazine rings is 1. The summed E-state index contributed by atoms with van der Waals surface area (Å²) < 4.78 is 44.6. The first kappa shape index (κ1) is 31.4. The smallest absolute Gasteiger partial charge is 0.410 e. The average molecular weight is 633 g/mol. The molecule has 2 aliphatic rings. The summed E-state index contributed by atoms with van der Waals surface area (Å²) in [5.41, 5.74) is 0.504. The van der Waals surface area contributed by atoms with Gasteiger partial charge in [-0.2, -0.15) is 4.98 Å². The predicted molar refractivity (Wildman–Crippen MR) is 171 cm³/mol. The fourth-order valence-electron chi connectivity index (χ4n) is 6.16. The Hall–Kier alpha value is -4.61. The van der Waals surface area contributed by atoms with Gasteiger partial charge in [0.2, 0.25) is 0 Å². The monoisotopic (exact) mass is 632 g/mol. The van der Waals surface area contributed by atoms with Crippen LogP contribution in [0.4, 0.5) is 19.4 Å². The van der Waals surface area contributed by atoms with Crippen LogP contribution in [0, 0.1) is 11.6 Å². The van der Waals surface area contributed by atoms with Crippen molar-refractivity contribution in [1.82, 2.24) is 24.4 Å². The fraction of sp³-hybridized carbons (Fsp3) is 0.441. The SMILES string of the molecule is CC(C)c1nccc2c1-n1c(=O)nc(N3CCN(C(=O)OC(C)(C)C)C[C@@H]3C)c3cc(F)c(nc31)-c1c(F)cccc1OCCC2. The number of rotatable bonds is 2. The van der Waals surface area contributed by atoms with Crippen LogP contribution in [0.15, 0.2) is 41.3 Å². The van der Waals surface area contributed by atoms with Gasteiger partial charge in [-0.25, -0.2) is 27.9 Å². The van der Waals surface area contributed by atoms with E-state index < -0.39 is 29.0 Å². The number of amides is 1. The summed E-state index contributed by atoms with van der Waals surface area (Å²) in [5, 5.41) is 0.277. The molecule has 6 rings (SSSR count). The van der Waals surface area contributed by atoms with Gasteiger partial charge in [-0.15, -0.1) is 0 Å². The van der Waals surface area contributed by atoms with E-state index in [4.69, 9.17) is 14.5 Å². The van der Waals surface area contributed by atoms with Crippen molar-refractivity contribution in [3.8, 4) is 22.7 Å². The van der Waals surface area contributed by atoms with Crippen molar-refractivity contribution in [2.24, 2.45) is 0 Å². The lowest BCUT2D eigenvalue weighted by molar-refractivity contribution is 0.0218. The molecule has 0 N–H and O–H groups in total. The molecule has 1 aromatic carbocycles. The number of benzene rings is 1. The van der Waals surface area contributed by atoms with Crippen molar-refractivity contribution < 1.29 is 23.0 Å². The molecule has 1 amide bonds. The highest BCUT2D eigenvalue weighted by atomic mass is 19.1. The molecule has 10 nitrogen and oxygen atoms in total. The minimum Gasteiger partial charge on any atom is -0.493 e. The van der Waals surface area contributed by atoms with E-state index in [0.29, 0.717) is 43.9 Å². The van der Waals surface area contributed by atoms with Gasteiger partial charge in [0, 0.05) is 31.9 Å². The van der Waals surface area contributed by atoms with Gasteiger partial charge in [-0.1, -0.05) is 19.9 Å². The number of pyridine rings is 2. The number of hydrogen-bond donors (Lipinski definition) is 0. The maximum Gasteiger partial charge on any atom is 0.410 e. The molecule has 5 heterocycles. The second-order valence-corrected chi connectivity index (χ2v) is 13.1. The molecule has 0 unspecified atom stereocenters. The van der Waals surface area contributed by atoms with Crippen LogP contribution in [0.5, 0.6) is 5.75 Å². The van der Waals surface area contributed by atoms with Gasteiger partial charge in [0.05, 0.1) is 28.9 Å². The molecule has 1 saturated heterocycles. The lowest BCUT2D eigenvalue weighted by Crippen LogP contribution is -2.55. The number of ether oxygens (including phenoxy) is 2. The largest absolute Gasteiger partial charge is 0.493 e. The Kier molecular flexibility index (Phi) is 8.16. The van der Waals surface area contributed by atoms with Gasteiger partial charge in [-0.05, 0) is 76.3 Å². The molecule has 2 bridgehead atoms. The highest BCUT2D eigenvalue weighted by Gasteiger charge is 2.33. The Labute approximate surface area is 266 Å². The Morgan fingerprint density at radius 3 is 2.61 bits per heavy atom. The first-order valence-electron chi connectivity index (χ1n) is 15.6. The van der Waals surface area contributed by atoms with Gasteiger partial charge >= 0.3 is 11.8 Å². The molecule has 242 valence electrons. The molecule has 0 radical (unpaired) electrons. The second kappa shape index (κ2) is 12.0. The van der Waals surface area contributed by atoms with Crippen molar-refractivity contribution >= 4 is 22.9 Å². The van der Waals surface area contributed by atoms with Crippen molar-refractivity contribution in [2.45, 2.75) is 71.9 Å². The van der Waals surface area contributed by atoms with E-state index in [9.17, 15) is 9.59 Å². The minimum absolute atomic E-state index is 0.0697. The normalized spacial score (nSPS) is 16.8. The van der Waals surface area contributed by atoms with Crippen molar-refractivity contribution in [1.29, 1.82) is 0 Å². The highest BCUT2D eigenvalue weighted by molar-refractivity contribution is 5.91. The van der Waals surface area contributed by atoms with Crippen LogP contribution in [-0.2, 0) is 11.2 Å². The molecule has 0 aliphatic carbocycles.